The molecule has 1 aromatic heterocycles. The Hall–Kier alpha value is -1.07. The summed E-state index contributed by atoms with van der Waals surface area (Å²) < 4.78 is 7.25. The summed E-state index contributed by atoms with van der Waals surface area (Å²) in [5.41, 5.74) is 1.06. The number of hydrogen-bond donors (Lipinski definition) is 1. The first kappa shape index (κ1) is 15.0. The lowest BCUT2D eigenvalue weighted by Crippen LogP contribution is -2.17. The average Bonchev–Trinajstić information content (AvgIpc) is 2.65. The van der Waals surface area contributed by atoms with E-state index in [-0.39, 0.29) is 0 Å². The van der Waals surface area contributed by atoms with E-state index in [2.05, 4.69) is 40.1 Å². The van der Waals surface area contributed by atoms with Gasteiger partial charge in [-0.1, -0.05) is 0 Å². The summed E-state index contributed by atoms with van der Waals surface area (Å²) in [4.78, 5) is 6.70. The standard InChI is InChI=1S/C13H26N4O/c1-12-11-17(9-6-10-18-4)13(15-12)14-7-5-8-16(2)3/h11H,5-10H2,1-4H3,(H,14,15). The molecule has 1 rings (SSSR count). The highest BCUT2D eigenvalue weighted by molar-refractivity contribution is 5.28. The smallest absolute Gasteiger partial charge is 0.203 e. The van der Waals surface area contributed by atoms with Crippen molar-refractivity contribution in [3.8, 4) is 0 Å². The Morgan fingerprint density at radius 2 is 2.17 bits per heavy atom. The molecule has 104 valence electrons. The van der Waals surface area contributed by atoms with Crippen molar-refractivity contribution in [2.45, 2.75) is 26.3 Å². The molecular weight excluding hydrogens is 228 g/mol. The van der Waals surface area contributed by atoms with E-state index in [1.165, 1.54) is 0 Å². The maximum atomic E-state index is 5.08. The summed E-state index contributed by atoms with van der Waals surface area (Å²) >= 11 is 0. The molecule has 0 saturated heterocycles. The number of imidazole rings is 1. The molecule has 0 spiro atoms. The van der Waals surface area contributed by atoms with Crippen molar-refractivity contribution in [1.29, 1.82) is 0 Å². The van der Waals surface area contributed by atoms with Crippen LogP contribution in [0, 0.1) is 6.92 Å². The number of hydrogen-bond acceptors (Lipinski definition) is 4. The monoisotopic (exact) mass is 254 g/mol. The highest BCUT2D eigenvalue weighted by Crippen LogP contribution is 2.09. The van der Waals surface area contributed by atoms with Crippen molar-refractivity contribution >= 4 is 5.95 Å². The second-order valence-corrected chi connectivity index (χ2v) is 4.83. The van der Waals surface area contributed by atoms with E-state index < -0.39 is 0 Å². The Morgan fingerprint density at radius 1 is 1.39 bits per heavy atom. The predicted molar refractivity (Wildman–Crippen MR) is 75.1 cm³/mol. The van der Waals surface area contributed by atoms with E-state index in [4.69, 9.17) is 4.74 Å². The van der Waals surface area contributed by atoms with Crippen molar-refractivity contribution in [2.24, 2.45) is 0 Å². The first-order valence-electron chi connectivity index (χ1n) is 6.55. The van der Waals surface area contributed by atoms with Crippen molar-refractivity contribution in [1.82, 2.24) is 14.5 Å². The lowest BCUT2D eigenvalue weighted by Gasteiger charge is -2.11. The van der Waals surface area contributed by atoms with Gasteiger partial charge in [0.2, 0.25) is 5.95 Å². The molecular formula is C13H26N4O. The van der Waals surface area contributed by atoms with E-state index in [0.29, 0.717) is 0 Å². The Morgan fingerprint density at radius 3 is 2.83 bits per heavy atom. The summed E-state index contributed by atoms with van der Waals surface area (Å²) in [6.45, 7) is 5.81. The molecule has 0 aliphatic carbocycles. The van der Waals surface area contributed by atoms with Crippen LogP contribution < -0.4 is 5.32 Å². The molecule has 0 aliphatic heterocycles. The molecule has 0 amide bonds. The highest BCUT2D eigenvalue weighted by atomic mass is 16.5. The maximum Gasteiger partial charge on any atom is 0.203 e. The van der Waals surface area contributed by atoms with Gasteiger partial charge in [-0.05, 0) is 40.4 Å². The summed E-state index contributed by atoms with van der Waals surface area (Å²) in [6.07, 6.45) is 4.22. The molecule has 0 unspecified atom stereocenters. The fourth-order valence-electron chi connectivity index (χ4n) is 1.83. The summed E-state index contributed by atoms with van der Waals surface area (Å²) in [6, 6.07) is 0. The fraction of sp³-hybridized carbons (Fsp3) is 0.769. The van der Waals surface area contributed by atoms with Gasteiger partial charge in [0, 0.05) is 33.0 Å². The Labute approximate surface area is 110 Å². The van der Waals surface area contributed by atoms with Gasteiger partial charge in [-0.15, -0.1) is 0 Å². The third-order valence-electron chi connectivity index (χ3n) is 2.71. The van der Waals surface area contributed by atoms with E-state index in [0.717, 1.165) is 50.7 Å². The molecule has 0 radical (unpaired) electrons. The molecule has 0 saturated carbocycles. The molecule has 5 heteroatoms. The molecule has 0 aromatic carbocycles. The zero-order valence-corrected chi connectivity index (χ0v) is 12.1. The molecule has 0 fully saturated rings. The first-order valence-corrected chi connectivity index (χ1v) is 6.55. The van der Waals surface area contributed by atoms with Crippen LogP contribution in [-0.2, 0) is 11.3 Å². The SMILES string of the molecule is COCCCn1cc(C)nc1NCCCN(C)C. The second-order valence-electron chi connectivity index (χ2n) is 4.83. The maximum absolute atomic E-state index is 5.08. The predicted octanol–water partition coefficient (Wildman–Crippen LogP) is 1.59. The largest absolute Gasteiger partial charge is 0.385 e. The Bertz CT molecular complexity index is 336. The zero-order valence-electron chi connectivity index (χ0n) is 12.1. The minimum atomic E-state index is 0.789. The van der Waals surface area contributed by atoms with Crippen LogP contribution >= 0.6 is 0 Å². The molecule has 0 atom stereocenters. The van der Waals surface area contributed by atoms with Crippen molar-refractivity contribution in [3.05, 3.63) is 11.9 Å². The number of ether oxygens (including phenoxy) is 1. The van der Waals surface area contributed by atoms with Gasteiger partial charge in [0.15, 0.2) is 0 Å². The summed E-state index contributed by atoms with van der Waals surface area (Å²) in [5, 5.41) is 3.40. The molecule has 1 N–H and O–H groups in total. The van der Waals surface area contributed by atoms with Crippen molar-refractivity contribution in [3.63, 3.8) is 0 Å². The molecule has 1 heterocycles. The number of aryl methyl sites for hydroxylation is 2. The first-order chi connectivity index (χ1) is 8.63. The minimum Gasteiger partial charge on any atom is -0.385 e. The third kappa shape index (κ3) is 5.51. The van der Waals surface area contributed by atoms with Gasteiger partial charge >= 0.3 is 0 Å². The zero-order chi connectivity index (χ0) is 13.4. The van der Waals surface area contributed by atoms with Crippen molar-refractivity contribution < 1.29 is 4.74 Å². The number of anilines is 1. The number of nitrogens with zero attached hydrogens (tertiary/aromatic N) is 3. The number of methoxy groups -OCH3 is 1. The number of nitrogens with one attached hydrogen (secondary N) is 1. The van der Waals surface area contributed by atoms with Crippen LogP contribution in [0.15, 0.2) is 6.20 Å². The Kier molecular flexibility index (Phi) is 6.75. The van der Waals surface area contributed by atoms with Gasteiger partial charge in [-0.2, -0.15) is 0 Å². The quantitative estimate of drug-likeness (QED) is 0.680. The van der Waals surface area contributed by atoms with E-state index in [9.17, 15) is 0 Å². The topological polar surface area (TPSA) is 42.3 Å². The van der Waals surface area contributed by atoms with Crippen LogP contribution in [-0.4, -0.2) is 55.4 Å². The molecule has 18 heavy (non-hydrogen) atoms. The van der Waals surface area contributed by atoms with Crippen LogP contribution in [0.3, 0.4) is 0 Å². The van der Waals surface area contributed by atoms with Crippen LogP contribution in [0.25, 0.3) is 0 Å². The summed E-state index contributed by atoms with van der Waals surface area (Å²) in [7, 11) is 5.92. The van der Waals surface area contributed by atoms with Crippen LogP contribution in [0.4, 0.5) is 5.95 Å². The van der Waals surface area contributed by atoms with E-state index >= 15 is 0 Å². The lowest BCUT2D eigenvalue weighted by molar-refractivity contribution is 0.190. The Balaban J connectivity index is 2.38. The molecule has 5 nitrogen and oxygen atoms in total. The minimum absolute atomic E-state index is 0.789. The van der Waals surface area contributed by atoms with Gasteiger partial charge < -0.3 is 19.5 Å². The lowest BCUT2D eigenvalue weighted by atomic mass is 10.4. The van der Waals surface area contributed by atoms with E-state index in [1.54, 1.807) is 7.11 Å². The fourth-order valence-corrected chi connectivity index (χ4v) is 1.83. The average molecular weight is 254 g/mol. The summed E-state index contributed by atoms with van der Waals surface area (Å²) in [5.74, 6) is 0.974. The second kappa shape index (κ2) is 8.11. The van der Waals surface area contributed by atoms with E-state index in [1.807, 2.05) is 6.92 Å². The van der Waals surface area contributed by atoms with Crippen LogP contribution in [0.2, 0.25) is 0 Å². The van der Waals surface area contributed by atoms with Gasteiger partial charge in [-0.25, -0.2) is 4.98 Å². The third-order valence-corrected chi connectivity index (χ3v) is 2.71. The van der Waals surface area contributed by atoms with Crippen molar-refractivity contribution in [2.75, 3.05) is 46.2 Å². The van der Waals surface area contributed by atoms with Gasteiger partial charge in [-0.3, -0.25) is 0 Å². The van der Waals surface area contributed by atoms with Crippen LogP contribution in [0.1, 0.15) is 18.5 Å². The van der Waals surface area contributed by atoms with Gasteiger partial charge in [0.25, 0.3) is 0 Å². The number of aromatic nitrogens is 2. The number of rotatable bonds is 9. The van der Waals surface area contributed by atoms with Gasteiger partial charge in [0.1, 0.15) is 0 Å². The molecule has 0 aliphatic rings. The van der Waals surface area contributed by atoms with Crippen LogP contribution in [0.5, 0.6) is 0 Å². The molecule has 1 aromatic rings. The van der Waals surface area contributed by atoms with Gasteiger partial charge in [0.05, 0.1) is 5.69 Å². The molecule has 0 bridgehead atoms. The normalized spacial score (nSPS) is 11.2. The highest BCUT2D eigenvalue weighted by Gasteiger charge is 2.04.